The molecule has 4 saturated carbocycles. The molecule has 4 unspecified atom stereocenters. The molecule has 0 aliphatic heterocycles. The number of nitriles is 1. The van der Waals surface area contributed by atoms with Crippen molar-refractivity contribution in [3.63, 3.8) is 0 Å². The molecule has 15 aromatic rings. The molecule has 8 aliphatic carbocycles. The monoisotopic (exact) mass is 1080 g/mol. The fourth-order valence-corrected chi connectivity index (χ4v) is 21.3. The third-order valence-electron chi connectivity index (χ3n) is 23.7. The first-order valence-electron chi connectivity index (χ1n) is 31.5. The molecule has 6 aromatic heterocycles. The lowest BCUT2D eigenvalue weighted by Gasteiger charge is -2.38. The van der Waals surface area contributed by atoms with Crippen LogP contribution in [-0.2, 0) is 0 Å². The van der Waals surface area contributed by atoms with Gasteiger partial charge >= 0.3 is 0 Å². The van der Waals surface area contributed by atoms with Gasteiger partial charge in [0.2, 0.25) is 0 Å². The molecule has 6 heteroatoms. The normalized spacial score (nSPS) is 23.5. The van der Waals surface area contributed by atoms with Gasteiger partial charge in [-0.1, -0.05) is 72.8 Å². The largest absolute Gasteiger partial charge is 0.309 e. The molecule has 9 aromatic carbocycles. The SMILES string of the molecule is [C-]#[N+]c1cc2c(c3c1C1CC4CC(C1)CC3C4)c1c3c4ccccc4n(-c4c(C)cccc4C)c3cc3c4cc5c(cc4n2c31)c1cc2c(c3ccccc3n2-c2c(C)cccc2C)c2c3c4c(c(C#N)cc3n5c12)C1CC2CC(C1)CC4C2. The summed E-state index contributed by atoms with van der Waals surface area (Å²) in [7, 11) is 0. The molecule has 0 radical (unpaired) electrons. The molecule has 0 spiro atoms. The Balaban J connectivity index is 1.01. The van der Waals surface area contributed by atoms with Crippen molar-refractivity contribution in [2.75, 3.05) is 0 Å². The van der Waals surface area contributed by atoms with Crippen molar-refractivity contribution in [3.8, 4) is 17.4 Å². The van der Waals surface area contributed by atoms with Gasteiger partial charge in [0.1, 0.15) is 0 Å². The molecule has 402 valence electrons. The standard InChI is InChI=1S/C78H60N6/c1-37-12-10-13-38(2)75(37)81-57-18-8-6-16-50(57)69-62(81)33-54-52-32-60-53(31-59(52)83-61-30-49(36-79)65-45-22-41-20-42(23-45)27-47(26-41)67(65)71(61)73(69)77(54)83)55-34-63-70(51-17-7-9-19-58(51)82(63)76-39(3)14-11-15-40(76)4)74-72-64(84(60)78(55)74)35-56(80-5)66-46-24-43-21-44(25-46)29-48(28-43)68(66)72/h6-19,30-35,41-48H,20-29H2,1-4H3. The molecule has 0 saturated heterocycles. The Morgan fingerprint density at radius 2 is 0.786 bits per heavy atom. The molecule has 0 amide bonds. The first-order valence-corrected chi connectivity index (χ1v) is 31.5. The zero-order valence-corrected chi connectivity index (χ0v) is 47.9. The van der Waals surface area contributed by atoms with E-state index in [1.54, 1.807) is 0 Å². The average molecular weight is 1080 g/mol. The molecule has 8 bridgehead atoms. The maximum absolute atomic E-state index is 11.5. The van der Waals surface area contributed by atoms with E-state index in [4.69, 9.17) is 6.57 Å². The van der Waals surface area contributed by atoms with Crippen LogP contribution in [0.4, 0.5) is 5.69 Å². The van der Waals surface area contributed by atoms with E-state index in [-0.39, 0.29) is 0 Å². The van der Waals surface area contributed by atoms with Crippen LogP contribution >= 0.6 is 0 Å². The Labute approximate surface area is 485 Å². The van der Waals surface area contributed by atoms with Crippen LogP contribution in [0.25, 0.3) is 136 Å². The number of hydrogen-bond donors (Lipinski definition) is 0. The topological polar surface area (TPSA) is 46.8 Å². The summed E-state index contributed by atoms with van der Waals surface area (Å²) < 4.78 is 10.5. The van der Waals surface area contributed by atoms with E-state index in [2.05, 4.69) is 178 Å². The average Bonchev–Trinajstić information content (AvgIpc) is 1.52. The Kier molecular flexibility index (Phi) is 8.31. The molecule has 6 heterocycles. The number of fused-ring (bicyclic) bond motifs is 20. The second kappa shape index (κ2) is 15.3. The number of benzene rings is 9. The van der Waals surface area contributed by atoms with Crippen molar-refractivity contribution < 1.29 is 0 Å². The second-order valence-electron chi connectivity index (χ2n) is 27.9. The summed E-state index contributed by atoms with van der Waals surface area (Å²) >= 11 is 0. The van der Waals surface area contributed by atoms with Crippen LogP contribution < -0.4 is 0 Å². The summed E-state index contributed by atoms with van der Waals surface area (Å²) in [6.07, 6.45) is 12.4. The number of hydrogen-bond acceptors (Lipinski definition) is 1. The van der Waals surface area contributed by atoms with Crippen LogP contribution in [0.2, 0.25) is 0 Å². The highest BCUT2D eigenvalue weighted by molar-refractivity contribution is 6.40. The smallest absolute Gasteiger partial charge is 0.193 e. The van der Waals surface area contributed by atoms with E-state index in [0.717, 1.165) is 34.9 Å². The lowest BCUT2D eigenvalue weighted by molar-refractivity contribution is 0.166. The molecule has 4 atom stereocenters. The quantitative estimate of drug-likeness (QED) is 0.159. The molecule has 0 N–H and O–H groups in total. The van der Waals surface area contributed by atoms with Crippen molar-refractivity contribution in [2.45, 2.75) is 116 Å². The summed E-state index contributed by atoms with van der Waals surface area (Å²) in [5.74, 6) is 4.60. The number of aryl methyl sites for hydroxylation is 4. The predicted octanol–water partition coefficient (Wildman–Crippen LogP) is 20.6. The Hall–Kier alpha value is -8.84. The minimum absolute atomic E-state index is 0.423. The zero-order valence-electron chi connectivity index (χ0n) is 47.9. The van der Waals surface area contributed by atoms with Crippen molar-refractivity contribution >= 4 is 125 Å². The first kappa shape index (κ1) is 45.6. The number of para-hydroxylation sites is 4. The van der Waals surface area contributed by atoms with Gasteiger partial charge in [0.05, 0.1) is 79.2 Å². The summed E-state index contributed by atoms with van der Waals surface area (Å²) in [5.41, 5.74) is 27.4. The second-order valence-corrected chi connectivity index (χ2v) is 27.9. The Bertz CT molecular complexity index is 5290. The molecule has 8 aliphatic rings. The number of aromatic nitrogens is 4. The fourth-order valence-electron chi connectivity index (χ4n) is 21.3. The van der Waals surface area contributed by atoms with Crippen LogP contribution in [0.1, 0.15) is 138 Å². The van der Waals surface area contributed by atoms with Crippen LogP contribution in [0.5, 0.6) is 0 Å². The highest BCUT2D eigenvalue weighted by Gasteiger charge is 2.47. The van der Waals surface area contributed by atoms with E-state index in [1.165, 1.54) is 240 Å². The van der Waals surface area contributed by atoms with Crippen LogP contribution in [0.15, 0.2) is 121 Å². The molecule has 84 heavy (non-hydrogen) atoms. The zero-order chi connectivity index (χ0) is 55.2. The molecule has 4 fully saturated rings. The molecule has 23 rings (SSSR count). The van der Waals surface area contributed by atoms with E-state index in [1.807, 2.05) is 0 Å². The van der Waals surface area contributed by atoms with Gasteiger partial charge in [-0.2, -0.15) is 5.26 Å². The van der Waals surface area contributed by atoms with Crippen molar-refractivity contribution in [3.05, 3.63) is 183 Å². The molecular weight excluding hydrogens is 1020 g/mol. The van der Waals surface area contributed by atoms with Gasteiger partial charge in [-0.05, 0) is 232 Å². The molecule has 6 nitrogen and oxygen atoms in total. The minimum atomic E-state index is 0.423. The highest BCUT2D eigenvalue weighted by atomic mass is 15.0. The third kappa shape index (κ3) is 5.26. The summed E-state index contributed by atoms with van der Waals surface area (Å²) in [5, 5.41) is 27.3. The Morgan fingerprint density at radius 1 is 0.381 bits per heavy atom. The van der Waals surface area contributed by atoms with E-state index >= 15 is 0 Å². The van der Waals surface area contributed by atoms with Gasteiger partial charge in [0, 0.05) is 70.2 Å². The number of nitrogens with zero attached hydrogens (tertiary/aromatic N) is 6. The van der Waals surface area contributed by atoms with Crippen molar-refractivity contribution in [1.82, 2.24) is 17.9 Å². The maximum atomic E-state index is 11.5. The van der Waals surface area contributed by atoms with Crippen LogP contribution in [0.3, 0.4) is 0 Å². The van der Waals surface area contributed by atoms with Gasteiger partial charge in [-0.25, -0.2) is 4.85 Å². The molecular formula is C78H60N6. The van der Waals surface area contributed by atoms with Gasteiger partial charge in [0.15, 0.2) is 5.69 Å². The van der Waals surface area contributed by atoms with E-state index in [0.29, 0.717) is 23.7 Å². The van der Waals surface area contributed by atoms with Crippen molar-refractivity contribution in [1.29, 1.82) is 5.26 Å². The summed E-state index contributed by atoms with van der Waals surface area (Å²) in [6, 6.07) is 49.8. The summed E-state index contributed by atoms with van der Waals surface area (Å²) in [4.78, 5) is 4.58. The highest BCUT2D eigenvalue weighted by Crippen LogP contribution is 2.64. The van der Waals surface area contributed by atoms with Crippen LogP contribution in [-0.4, -0.2) is 17.9 Å². The van der Waals surface area contributed by atoms with E-state index in [9.17, 15) is 5.26 Å². The van der Waals surface area contributed by atoms with Gasteiger partial charge in [0.25, 0.3) is 0 Å². The number of rotatable bonds is 2. The van der Waals surface area contributed by atoms with Gasteiger partial charge in [-0.15, -0.1) is 0 Å². The predicted molar refractivity (Wildman–Crippen MR) is 345 cm³/mol. The van der Waals surface area contributed by atoms with Crippen LogP contribution in [0, 0.1) is 69.3 Å². The van der Waals surface area contributed by atoms with E-state index < -0.39 is 0 Å². The van der Waals surface area contributed by atoms with Gasteiger partial charge < -0.3 is 17.9 Å². The third-order valence-corrected chi connectivity index (χ3v) is 23.7. The first-order chi connectivity index (χ1) is 41.2. The lowest BCUT2D eigenvalue weighted by atomic mass is 9.67. The fraction of sp³-hybridized carbons (Fsp3) is 0.282. The summed E-state index contributed by atoms with van der Waals surface area (Å²) in [6.45, 7) is 18.2. The maximum Gasteiger partial charge on any atom is 0.193 e. The van der Waals surface area contributed by atoms with Gasteiger partial charge in [-0.3, -0.25) is 0 Å². The van der Waals surface area contributed by atoms with Crippen molar-refractivity contribution in [2.24, 2.45) is 23.7 Å². The minimum Gasteiger partial charge on any atom is -0.309 e. The Morgan fingerprint density at radius 3 is 1.24 bits per heavy atom. The lowest BCUT2D eigenvalue weighted by Crippen LogP contribution is -2.25.